The number of rotatable bonds is 36. The molecule has 304 valence electrons. The molecule has 11 nitrogen and oxygen atoms in total. The van der Waals surface area contributed by atoms with Crippen molar-refractivity contribution in [3.8, 4) is 0 Å². The lowest BCUT2D eigenvalue weighted by molar-refractivity contribution is -0.161. The maximum atomic E-state index is 12.6. The topological polar surface area (TPSA) is 172 Å². The molecule has 0 saturated heterocycles. The molecule has 0 aromatic heterocycles. The third-order valence-electron chi connectivity index (χ3n) is 8.00. The molecule has 0 aliphatic rings. The molecule has 0 radical (unpaired) electrons. The van der Waals surface area contributed by atoms with Crippen LogP contribution in [0.15, 0.2) is 60.8 Å². The molecule has 0 spiro atoms. The van der Waals surface area contributed by atoms with E-state index in [0.717, 1.165) is 96.3 Å². The molecule has 4 N–H and O–H groups in total. The first-order valence-corrected chi connectivity index (χ1v) is 21.3. The second-order valence-corrected chi connectivity index (χ2v) is 14.5. The smallest absolute Gasteiger partial charge is 0.472 e. The summed E-state index contributed by atoms with van der Waals surface area (Å²) in [7, 11) is -4.72. The number of phosphoric ester groups is 1. The number of hydrogen-bond acceptors (Lipinski definition) is 9. The Kier molecular flexibility index (Phi) is 34.2. The van der Waals surface area contributed by atoms with Gasteiger partial charge in [0.15, 0.2) is 6.10 Å². The van der Waals surface area contributed by atoms with Crippen molar-refractivity contribution in [3.63, 3.8) is 0 Å². The number of aliphatic carboxylic acids is 1. The predicted octanol–water partition coefficient (Wildman–Crippen LogP) is 10.00. The van der Waals surface area contributed by atoms with Crippen LogP contribution in [0, 0.1) is 0 Å². The molecule has 0 amide bonds. The van der Waals surface area contributed by atoms with Crippen LogP contribution >= 0.6 is 7.82 Å². The van der Waals surface area contributed by atoms with Crippen LogP contribution in [0.25, 0.3) is 0 Å². The second-order valence-electron chi connectivity index (χ2n) is 13.0. The first-order chi connectivity index (χ1) is 25.6. The molecule has 0 saturated carbocycles. The Balaban J connectivity index is 4.48. The van der Waals surface area contributed by atoms with Gasteiger partial charge in [0, 0.05) is 12.8 Å². The zero-order chi connectivity index (χ0) is 39.3. The van der Waals surface area contributed by atoms with Gasteiger partial charge in [0.2, 0.25) is 0 Å². The van der Waals surface area contributed by atoms with Gasteiger partial charge in [-0.3, -0.25) is 23.4 Å². The second kappa shape index (κ2) is 36.2. The molecule has 53 heavy (non-hydrogen) atoms. The fourth-order valence-corrected chi connectivity index (χ4v) is 5.64. The van der Waals surface area contributed by atoms with Gasteiger partial charge in [-0.15, -0.1) is 0 Å². The van der Waals surface area contributed by atoms with Crippen LogP contribution in [0.2, 0.25) is 0 Å². The number of carboxylic acid groups (broad SMARTS) is 1. The van der Waals surface area contributed by atoms with E-state index in [-0.39, 0.29) is 19.4 Å². The monoisotopic (exact) mass is 767 g/mol. The van der Waals surface area contributed by atoms with Gasteiger partial charge in [-0.05, 0) is 70.6 Å². The van der Waals surface area contributed by atoms with Crippen LogP contribution < -0.4 is 5.73 Å². The van der Waals surface area contributed by atoms with Gasteiger partial charge in [0.1, 0.15) is 12.6 Å². The number of ether oxygens (including phenoxy) is 2. The summed E-state index contributed by atoms with van der Waals surface area (Å²) in [5.41, 5.74) is 5.32. The Morgan fingerprint density at radius 1 is 0.604 bits per heavy atom. The van der Waals surface area contributed by atoms with Crippen LogP contribution in [0.5, 0.6) is 0 Å². The summed E-state index contributed by atoms with van der Waals surface area (Å²) in [5, 5.41) is 8.87. The average molecular weight is 768 g/mol. The van der Waals surface area contributed by atoms with Crippen molar-refractivity contribution in [1.82, 2.24) is 0 Å². The number of allylic oxidation sites excluding steroid dienone is 10. The molecule has 0 bridgehead atoms. The van der Waals surface area contributed by atoms with Crippen LogP contribution in [-0.2, 0) is 37.5 Å². The Bertz CT molecular complexity index is 1130. The fraction of sp³-hybridized carbons (Fsp3) is 0.683. The van der Waals surface area contributed by atoms with Gasteiger partial charge in [-0.25, -0.2) is 4.57 Å². The molecule has 0 heterocycles. The average Bonchev–Trinajstić information content (AvgIpc) is 3.13. The molecule has 12 heteroatoms. The Morgan fingerprint density at radius 2 is 1.06 bits per heavy atom. The van der Waals surface area contributed by atoms with E-state index in [4.69, 9.17) is 24.8 Å². The quantitative estimate of drug-likeness (QED) is 0.0240. The van der Waals surface area contributed by atoms with E-state index < -0.39 is 51.1 Å². The van der Waals surface area contributed by atoms with Gasteiger partial charge in [0.05, 0.1) is 13.2 Å². The van der Waals surface area contributed by atoms with Gasteiger partial charge in [0.25, 0.3) is 0 Å². The van der Waals surface area contributed by atoms with Crippen molar-refractivity contribution in [3.05, 3.63) is 60.8 Å². The van der Waals surface area contributed by atoms with Crippen molar-refractivity contribution < 1.29 is 47.5 Å². The highest BCUT2D eigenvalue weighted by Gasteiger charge is 2.28. The molecule has 0 aromatic rings. The summed E-state index contributed by atoms with van der Waals surface area (Å²) in [5.74, 6) is -2.43. The molecule has 0 rings (SSSR count). The summed E-state index contributed by atoms with van der Waals surface area (Å²) < 4.78 is 32.6. The van der Waals surface area contributed by atoms with Crippen molar-refractivity contribution in [2.24, 2.45) is 5.73 Å². The normalized spacial score (nSPS) is 14.5. The number of esters is 2. The lowest BCUT2D eigenvalue weighted by Gasteiger charge is -2.20. The van der Waals surface area contributed by atoms with Gasteiger partial charge in [-0.1, -0.05) is 126 Å². The summed E-state index contributed by atoms with van der Waals surface area (Å²) in [4.78, 5) is 45.8. The molecule has 3 atom stereocenters. The van der Waals surface area contributed by atoms with E-state index in [0.29, 0.717) is 12.8 Å². The van der Waals surface area contributed by atoms with Crippen molar-refractivity contribution in [2.75, 3.05) is 19.8 Å². The predicted molar refractivity (Wildman–Crippen MR) is 212 cm³/mol. The van der Waals surface area contributed by atoms with Gasteiger partial charge in [-0.2, -0.15) is 0 Å². The lowest BCUT2D eigenvalue weighted by atomic mass is 10.1. The van der Waals surface area contributed by atoms with Crippen molar-refractivity contribution in [1.29, 1.82) is 0 Å². The summed E-state index contributed by atoms with van der Waals surface area (Å²) in [6.07, 6.45) is 40.0. The van der Waals surface area contributed by atoms with Crippen LogP contribution in [-0.4, -0.2) is 59.9 Å². The van der Waals surface area contributed by atoms with E-state index in [1.165, 1.54) is 12.8 Å². The summed E-state index contributed by atoms with van der Waals surface area (Å²) >= 11 is 0. The number of nitrogens with two attached hydrogens (primary N) is 1. The number of phosphoric acid groups is 1. The van der Waals surface area contributed by atoms with E-state index in [9.17, 15) is 23.8 Å². The number of unbranched alkanes of at least 4 members (excludes halogenated alkanes) is 12. The summed E-state index contributed by atoms with van der Waals surface area (Å²) in [6.45, 7) is 2.59. The van der Waals surface area contributed by atoms with Crippen LogP contribution in [0.3, 0.4) is 0 Å². The SMILES string of the molecule is CC/C=C\C/C=C\C/C=C\CCCCCCCC(=O)OC[C@H](COP(=O)(O)OC[C@H](N)C(=O)O)OC(=O)CCCCCCC/C=C\C/C=C\CCCC. The molecule has 0 aromatic carbocycles. The van der Waals surface area contributed by atoms with E-state index in [2.05, 4.69) is 79.1 Å². The lowest BCUT2D eigenvalue weighted by Crippen LogP contribution is -2.34. The minimum atomic E-state index is -4.72. The molecule has 0 aliphatic carbocycles. The molecular weight excluding hydrogens is 697 g/mol. The minimum absolute atomic E-state index is 0.138. The number of carbonyl (C=O) groups is 3. The highest BCUT2D eigenvalue weighted by atomic mass is 31.2. The molecular formula is C41H70NO10P. The summed E-state index contributed by atoms with van der Waals surface area (Å²) in [6, 6.07) is -1.53. The van der Waals surface area contributed by atoms with Crippen molar-refractivity contribution in [2.45, 2.75) is 161 Å². The van der Waals surface area contributed by atoms with E-state index in [1.807, 2.05) is 0 Å². The maximum absolute atomic E-state index is 12.6. The van der Waals surface area contributed by atoms with Gasteiger partial charge >= 0.3 is 25.7 Å². The molecule has 1 unspecified atom stereocenters. The number of carbonyl (C=O) groups excluding carboxylic acids is 2. The van der Waals surface area contributed by atoms with Crippen LogP contribution in [0.4, 0.5) is 0 Å². The largest absolute Gasteiger partial charge is 0.480 e. The first-order valence-electron chi connectivity index (χ1n) is 19.8. The van der Waals surface area contributed by atoms with E-state index in [1.54, 1.807) is 0 Å². The fourth-order valence-electron chi connectivity index (χ4n) is 4.86. The van der Waals surface area contributed by atoms with Crippen molar-refractivity contribution >= 4 is 25.7 Å². The standard InChI is InChI=1S/C41H70NO10P/c1-3-5-7-9-11-13-15-17-19-21-22-24-26-28-30-32-39(43)49-34-37(35-50-53(47,48)51-36-38(42)41(45)46)52-40(44)33-31-29-27-25-23-20-18-16-14-12-10-8-6-4-2/h5,7,10-13,16-19,37-38H,3-4,6,8-9,14-15,20-36,42H2,1-2H3,(H,45,46)(H,47,48)/b7-5-,12-10-,13-11-,18-16-,19-17-/t37-,38+/m1/s1. The third-order valence-corrected chi connectivity index (χ3v) is 8.95. The Labute approximate surface area is 319 Å². The number of hydrogen-bond donors (Lipinski definition) is 3. The zero-order valence-corrected chi connectivity index (χ0v) is 33.5. The highest BCUT2D eigenvalue weighted by Crippen LogP contribution is 2.43. The van der Waals surface area contributed by atoms with Gasteiger partial charge < -0.3 is 25.2 Å². The number of carboxylic acids is 1. The third kappa shape index (κ3) is 36.0. The molecule has 0 fully saturated rings. The Morgan fingerprint density at radius 3 is 1.58 bits per heavy atom. The highest BCUT2D eigenvalue weighted by molar-refractivity contribution is 7.47. The van der Waals surface area contributed by atoms with Crippen LogP contribution in [0.1, 0.15) is 149 Å². The maximum Gasteiger partial charge on any atom is 0.472 e. The first kappa shape index (κ1) is 50.2. The molecule has 0 aliphatic heterocycles. The Hall–Kier alpha value is -2.82. The van der Waals surface area contributed by atoms with E-state index >= 15 is 0 Å². The zero-order valence-electron chi connectivity index (χ0n) is 32.6. The minimum Gasteiger partial charge on any atom is -0.480 e.